The van der Waals surface area contributed by atoms with E-state index in [1.807, 2.05) is 129 Å². The Morgan fingerprint density at radius 3 is 1.93 bits per heavy atom. The Labute approximate surface area is 356 Å². The molecule has 5 aromatic carbocycles. The number of hydrogen-bond donors (Lipinski definition) is 1. The van der Waals surface area contributed by atoms with Crippen LogP contribution in [0.2, 0.25) is 10.0 Å². The van der Waals surface area contributed by atoms with E-state index in [9.17, 15) is 14.7 Å². The summed E-state index contributed by atoms with van der Waals surface area (Å²) in [6.07, 6.45) is 3.46. The number of fused-ring (bicyclic) bond motifs is 1. The van der Waals surface area contributed by atoms with E-state index in [1.165, 1.54) is 0 Å². The van der Waals surface area contributed by atoms with Crippen molar-refractivity contribution in [2.75, 3.05) is 32.9 Å². The van der Waals surface area contributed by atoms with Gasteiger partial charge in [0.15, 0.2) is 0 Å². The number of carbonyl (C=O) groups excluding carboxylic acids is 1. The molecule has 0 aliphatic carbocycles. The average Bonchev–Trinajstić information content (AvgIpc) is 3.61. The van der Waals surface area contributed by atoms with Crippen molar-refractivity contribution in [1.82, 2.24) is 4.90 Å². The Morgan fingerprint density at radius 1 is 0.763 bits per heavy atom. The molecule has 0 saturated carbocycles. The first kappa shape index (κ1) is 43.7. The zero-order valence-corrected chi connectivity index (χ0v) is 35.0. The number of nitrogens with zero attached hydrogens (tertiary/aromatic N) is 1. The molecule has 1 atom stereocenters. The Kier molecular flexibility index (Phi) is 15.4. The monoisotopic (exact) mass is 839 g/mol. The summed E-state index contributed by atoms with van der Waals surface area (Å²) < 4.78 is 28.5. The molecule has 1 fully saturated rings. The maximum absolute atomic E-state index is 12.4. The third-order valence-electron chi connectivity index (χ3n) is 10.4. The van der Waals surface area contributed by atoms with Crippen molar-refractivity contribution >= 4 is 35.3 Å². The van der Waals surface area contributed by atoms with Gasteiger partial charge < -0.3 is 33.7 Å². The highest BCUT2D eigenvalue weighted by atomic mass is 35.5. The lowest BCUT2D eigenvalue weighted by Gasteiger charge is -2.32. The van der Waals surface area contributed by atoms with E-state index in [0.717, 1.165) is 64.8 Å². The van der Waals surface area contributed by atoms with E-state index in [4.69, 9.17) is 46.9 Å². The molecule has 0 bridgehead atoms. The van der Waals surface area contributed by atoms with Gasteiger partial charge in [0.25, 0.3) is 0 Å². The van der Waals surface area contributed by atoms with Crippen molar-refractivity contribution in [3.63, 3.8) is 0 Å². The molecule has 1 amide bonds. The lowest BCUT2D eigenvalue weighted by Crippen LogP contribution is -2.38. The summed E-state index contributed by atoms with van der Waals surface area (Å²) in [5.74, 6) is -0.686. The van der Waals surface area contributed by atoms with Gasteiger partial charge in [-0.3, -0.25) is 4.79 Å². The lowest BCUT2D eigenvalue weighted by molar-refractivity contribution is -0.180. The summed E-state index contributed by atoms with van der Waals surface area (Å²) in [4.78, 5) is 26.6. The van der Waals surface area contributed by atoms with E-state index in [2.05, 4.69) is 0 Å². The fraction of sp³-hybridized carbons (Fsp3) is 0.333. The number of carboxylic acid groups (broad SMARTS) is 1. The molecule has 2 aliphatic rings. The second-order valence-electron chi connectivity index (χ2n) is 14.9. The van der Waals surface area contributed by atoms with Crippen LogP contribution < -0.4 is 4.74 Å². The molecule has 11 heteroatoms. The second-order valence-corrected chi connectivity index (χ2v) is 15.7. The number of benzene rings is 5. The number of rotatable bonds is 17. The van der Waals surface area contributed by atoms with Crippen LogP contribution in [0, 0.1) is 0 Å². The lowest BCUT2D eigenvalue weighted by atomic mass is 9.69. The number of aliphatic carboxylic acids is 1. The topological polar surface area (TPSA) is 104 Å². The third kappa shape index (κ3) is 11.2. The van der Waals surface area contributed by atoms with Crippen LogP contribution >= 0.6 is 23.2 Å². The maximum Gasteiger partial charge on any atom is 0.410 e. The molecule has 2 heterocycles. The van der Waals surface area contributed by atoms with Gasteiger partial charge in [-0.15, -0.1) is 0 Å². The molecule has 0 radical (unpaired) electrons. The first-order valence-corrected chi connectivity index (χ1v) is 20.7. The number of cyclic esters (lactones) is 1. The molecule has 2 aliphatic heterocycles. The maximum atomic E-state index is 12.4. The SMILES string of the molecule is CC1(C)OCc2cc(C3CN(CCCCCCOCCOCc4c(Cl)cccc4Cl)C(=O)O3)ccc2O1.O=C(O)C(c1ccccc1)(c1ccccc1)c1ccccc1. The number of amides is 1. The van der Waals surface area contributed by atoms with Gasteiger partial charge in [0, 0.05) is 48.2 Å². The van der Waals surface area contributed by atoms with Crippen LogP contribution in [0.15, 0.2) is 127 Å². The van der Waals surface area contributed by atoms with Gasteiger partial charge in [-0.2, -0.15) is 0 Å². The van der Waals surface area contributed by atoms with Gasteiger partial charge in [-0.1, -0.05) is 139 Å². The molecule has 5 aromatic rings. The Morgan fingerprint density at radius 2 is 1.34 bits per heavy atom. The van der Waals surface area contributed by atoms with Crippen LogP contribution in [0.3, 0.4) is 0 Å². The van der Waals surface area contributed by atoms with E-state index in [-0.39, 0.29) is 12.2 Å². The quantitative estimate of drug-likeness (QED) is 0.0729. The minimum Gasteiger partial charge on any atom is -0.480 e. The number of carboxylic acids is 1. The van der Waals surface area contributed by atoms with Crippen LogP contribution in [0.5, 0.6) is 5.75 Å². The number of unbranched alkanes of at least 4 members (excludes halogenated alkanes) is 3. The second kappa shape index (κ2) is 20.9. The predicted octanol–water partition coefficient (Wildman–Crippen LogP) is 11.0. The zero-order valence-electron chi connectivity index (χ0n) is 33.5. The minimum absolute atomic E-state index is 0.252. The molecule has 1 N–H and O–H groups in total. The molecule has 9 nitrogen and oxygen atoms in total. The number of hydrogen-bond acceptors (Lipinski definition) is 7. The van der Waals surface area contributed by atoms with E-state index in [0.29, 0.717) is 56.2 Å². The van der Waals surface area contributed by atoms with E-state index >= 15 is 0 Å². The van der Waals surface area contributed by atoms with E-state index < -0.39 is 17.2 Å². The normalized spacial score (nSPS) is 15.7. The summed E-state index contributed by atoms with van der Waals surface area (Å²) in [5.41, 5.74) is 3.79. The van der Waals surface area contributed by atoms with Crippen LogP contribution in [0.4, 0.5) is 4.79 Å². The van der Waals surface area contributed by atoms with Gasteiger partial charge in [0.1, 0.15) is 17.3 Å². The molecule has 0 aromatic heterocycles. The van der Waals surface area contributed by atoms with Crippen molar-refractivity contribution < 1.29 is 38.4 Å². The van der Waals surface area contributed by atoms with Crippen LogP contribution in [0.25, 0.3) is 0 Å². The summed E-state index contributed by atoms with van der Waals surface area (Å²) in [5, 5.41) is 11.4. The van der Waals surface area contributed by atoms with Crippen molar-refractivity contribution in [1.29, 1.82) is 0 Å². The Hall–Kier alpha value is -4.90. The van der Waals surface area contributed by atoms with Crippen molar-refractivity contribution in [2.24, 2.45) is 0 Å². The van der Waals surface area contributed by atoms with Crippen LogP contribution in [0.1, 0.15) is 79.0 Å². The smallest absolute Gasteiger partial charge is 0.410 e. The summed E-state index contributed by atoms with van der Waals surface area (Å²) >= 11 is 12.3. The average molecular weight is 841 g/mol. The fourth-order valence-electron chi connectivity index (χ4n) is 7.28. The zero-order chi connectivity index (χ0) is 41.7. The van der Waals surface area contributed by atoms with Gasteiger partial charge in [-0.25, -0.2) is 4.79 Å². The highest BCUT2D eigenvalue weighted by molar-refractivity contribution is 6.35. The first-order chi connectivity index (χ1) is 28.6. The standard InChI is InChI=1S/C28H35Cl2NO6.C20H16O2/c1-28(2)35-18-21-16-20(10-11-25(21)37-28)26-17-31(27(32)36-26)12-5-3-4-6-13-33-14-15-34-19-22-23(29)8-7-9-24(22)30;21-19(22)20(16-10-4-1-5-11-16,17-12-6-2-7-13-17)18-14-8-3-9-15-18/h7-11,16,26H,3-6,12-15,17-19H2,1-2H3;1-15H,(H,21,22). The first-order valence-electron chi connectivity index (χ1n) is 20.0. The number of ether oxygens (including phenoxy) is 5. The molecular formula is C48H51Cl2NO8. The summed E-state index contributed by atoms with van der Waals surface area (Å²) in [6.45, 7) is 7.60. The molecule has 59 heavy (non-hydrogen) atoms. The van der Waals surface area contributed by atoms with Gasteiger partial charge in [-0.05, 0) is 59.4 Å². The highest BCUT2D eigenvalue weighted by Crippen LogP contribution is 2.40. The highest BCUT2D eigenvalue weighted by Gasteiger charge is 2.44. The van der Waals surface area contributed by atoms with Crippen LogP contribution in [-0.2, 0) is 42.4 Å². The van der Waals surface area contributed by atoms with Crippen molar-refractivity contribution in [2.45, 2.75) is 70.1 Å². The number of carbonyl (C=O) groups is 2. The van der Waals surface area contributed by atoms with E-state index in [1.54, 1.807) is 17.0 Å². The molecule has 310 valence electrons. The van der Waals surface area contributed by atoms with Gasteiger partial charge in [0.05, 0.1) is 33.0 Å². The van der Waals surface area contributed by atoms with Gasteiger partial charge in [0.2, 0.25) is 5.79 Å². The number of halogens is 2. The summed E-state index contributed by atoms with van der Waals surface area (Å²) in [7, 11) is 0. The van der Waals surface area contributed by atoms with Gasteiger partial charge >= 0.3 is 12.1 Å². The molecular weight excluding hydrogens is 789 g/mol. The predicted molar refractivity (Wildman–Crippen MR) is 229 cm³/mol. The molecule has 1 saturated heterocycles. The Bertz CT molecular complexity index is 2000. The fourth-order valence-corrected chi connectivity index (χ4v) is 7.79. The molecule has 7 rings (SSSR count). The van der Waals surface area contributed by atoms with Crippen LogP contribution in [-0.4, -0.2) is 60.8 Å². The Balaban J connectivity index is 0.000000226. The van der Waals surface area contributed by atoms with Crippen molar-refractivity contribution in [3.05, 3.63) is 171 Å². The third-order valence-corrected chi connectivity index (χ3v) is 11.1. The largest absolute Gasteiger partial charge is 0.480 e. The molecule has 0 spiro atoms. The minimum atomic E-state index is -1.20. The van der Waals surface area contributed by atoms with Crippen molar-refractivity contribution in [3.8, 4) is 5.75 Å². The summed E-state index contributed by atoms with van der Waals surface area (Å²) in [6, 6.07) is 39.5. The molecule has 1 unspecified atom stereocenters.